The first-order chi connectivity index (χ1) is 10.1. The largest absolute Gasteiger partial charge is 0.378 e. The van der Waals surface area contributed by atoms with Crippen molar-refractivity contribution in [2.75, 3.05) is 31.2 Å². The van der Waals surface area contributed by atoms with Crippen molar-refractivity contribution in [3.05, 3.63) is 23.9 Å². The molecule has 3 N–H and O–H groups in total. The molecule has 1 aromatic rings. The number of carbonyl (C=O) groups is 1. The maximum atomic E-state index is 11.8. The predicted molar refractivity (Wildman–Crippen MR) is 81.9 cm³/mol. The van der Waals surface area contributed by atoms with E-state index in [2.05, 4.69) is 15.2 Å². The summed E-state index contributed by atoms with van der Waals surface area (Å²) >= 11 is 0. The van der Waals surface area contributed by atoms with Gasteiger partial charge in [-0.3, -0.25) is 4.79 Å². The molecular formula is C15H24N4O2. The van der Waals surface area contributed by atoms with Gasteiger partial charge < -0.3 is 20.7 Å². The maximum absolute atomic E-state index is 11.8. The van der Waals surface area contributed by atoms with Crippen LogP contribution in [0, 0.1) is 5.92 Å². The molecule has 1 saturated heterocycles. The van der Waals surface area contributed by atoms with Crippen LogP contribution in [0.15, 0.2) is 18.3 Å². The Bertz CT molecular complexity index is 455. The molecule has 6 nitrogen and oxygen atoms in total. The van der Waals surface area contributed by atoms with Crippen molar-refractivity contribution in [1.82, 2.24) is 10.3 Å². The van der Waals surface area contributed by atoms with E-state index >= 15 is 0 Å². The number of amides is 1. The molecule has 1 aliphatic heterocycles. The zero-order valence-electron chi connectivity index (χ0n) is 12.7. The Hall–Kier alpha value is -1.66. The van der Waals surface area contributed by atoms with Gasteiger partial charge in [-0.05, 0) is 17.5 Å². The molecule has 0 aromatic carbocycles. The number of pyridine rings is 1. The Morgan fingerprint density at radius 2 is 2.14 bits per heavy atom. The molecule has 0 bridgehead atoms. The standard InChI is InChI=1S/C15H24N4O2/c1-11(2)14(16)15(20)18-10-12-3-4-13(17-9-12)19-5-7-21-8-6-19/h3-4,9,11,14H,5-8,10,16H2,1-2H3,(H,18,20)/t14-/m0/s1. The van der Waals surface area contributed by atoms with Gasteiger partial charge in [0.05, 0.1) is 19.3 Å². The fourth-order valence-corrected chi connectivity index (χ4v) is 2.11. The highest BCUT2D eigenvalue weighted by atomic mass is 16.5. The summed E-state index contributed by atoms with van der Waals surface area (Å²) in [7, 11) is 0. The highest BCUT2D eigenvalue weighted by Gasteiger charge is 2.16. The number of nitrogens with zero attached hydrogens (tertiary/aromatic N) is 2. The van der Waals surface area contributed by atoms with E-state index in [0.29, 0.717) is 6.54 Å². The van der Waals surface area contributed by atoms with E-state index < -0.39 is 6.04 Å². The molecule has 0 radical (unpaired) electrons. The van der Waals surface area contributed by atoms with Crippen LogP contribution < -0.4 is 16.0 Å². The lowest BCUT2D eigenvalue weighted by Gasteiger charge is -2.27. The molecule has 2 heterocycles. The number of anilines is 1. The molecule has 0 aliphatic carbocycles. The van der Waals surface area contributed by atoms with Gasteiger partial charge in [0.25, 0.3) is 0 Å². The third kappa shape index (κ3) is 4.41. The predicted octanol–water partition coefficient (Wildman–Crippen LogP) is 0.518. The zero-order valence-corrected chi connectivity index (χ0v) is 12.7. The highest BCUT2D eigenvalue weighted by molar-refractivity contribution is 5.81. The van der Waals surface area contributed by atoms with Crippen LogP contribution in [0.3, 0.4) is 0 Å². The fourth-order valence-electron chi connectivity index (χ4n) is 2.11. The van der Waals surface area contributed by atoms with Crippen molar-refractivity contribution < 1.29 is 9.53 Å². The smallest absolute Gasteiger partial charge is 0.237 e. The molecule has 1 aliphatic rings. The number of morpholine rings is 1. The van der Waals surface area contributed by atoms with Gasteiger partial charge in [0, 0.05) is 25.8 Å². The van der Waals surface area contributed by atoms with Gasteiger partial charge in [-0.1, -0.05) is 19.9 Å². The monoisotopic (exact) mass is 292 g/mol. The second-order valence-electron chi connectivity index (χ2n) is 5.61. The molecule has 6 heteroatoms. The van der Waals surface area contributed by atoms with Crippen molar-refractivity contribution in [2.24, 2.45) is 11.7 Å². The second kappa shape index (κ2) is 7.38. The van der Waals surface area contributed by atoms with Crippen LogP contribution in [0.25, 0.3) is 0 Å². The summed E-state index contributed by atoms with van der Waals surface area (Å²) in [5, 5.41) is 2.84. The van der Waals surface area contributed by atoms with Gasteiger partial charge in [0.15, 0.2) is 0 Å². The average Bonchev–Trinajstić information content (AvgIpc) is 2.53. The lowest BCUT2D eigenvalue weighted by molar-refractivity contribution is -0.123. The van der Waals surface area contributed by atoms with Crippen LogP contribution in [0.5, 0.6) is 0 Å². The number of hydrogen-bond donors (Lipinski definition) is 2. The summed E-state index contributed by atoms with van der Waals surface area (Å²) in [6.07, 6.45) is 1.80. The van der Waals surface area contributed by atoms with E-state index in [0.717, 1.165) is 37.7 Å². The SMILES string of the molecule is CC(C)[C@H](N)C(=O)NCc1ccc(N2CCOCC2)nc1. The minimum Gasteiger partial charge on any atom is -0.378 e. The lowest BCUT2D eigenvalue weighted by Crippen LogP contribution is -2.43. The number of aromatic nitrogens is 1. The summed E-state index contributed by atoms with van der Waals surface area (Å²) in [6.45, 7) is 7.54. The van der Waals surface area contributed by atoms with Crippen LogP contribution in [-0.4, -0.2) is 43.2 Å². The molecule has 2 rings (SSSR count). The maximum Gasteiger partial charge on any atom is 0.237 e. The number of hydrogen-bond acceptors (Lipinski definition) is 5. The first kappa shape index (κ1) is 15.7. The number of carbonyl (C=O) groups excluding carboxylic acids is 1. The van der Waals surface area contributed by atoms with Crippen LogP contribution >= 0.6 is 0 Å². The third-order valence-corrected chi connectivity index (χ3v) is 3.63. The Balaban J connectivity index is 1.86. The summed E-state index contributed by atoms with van der Waals surface area (Å²) in [4.78, 5) is 18.4. The van der Waals surface area contributed by atoms with Crippen LogP contribution in [0.4, 0.5) is 5.82 Å². The van der Waals surface area contributed by atoms with Gasteiger partial charge >= 0.3 is 0 Å². The van der Waals surface area contributed by atoms with Crippen LogP contribution in [0.2, 0.25) is 0 Å². The Morgan fingerprint density at radius 3 is 2.71 bits per heavy atom. The van der Waals surface area contributed by atoms with E-state index in [9.17, 15) is 4.79 Å². The fraction of sp³-hybridized carbons (Fsp3) is 0.600. The molecule has 1 amide bonds. The molecule has 1 atom stereocenters. The summed E-state index contributed by atoms with van der Waals surface area (Å²) in [5.41, 5.74) is 6.77. The Kier molecular flexibility index (Phi) is 5.52. The highest BCUT2D eigenvalue weighted by Crippen LogP contribution is 2.13. The third-order valence-electron chi connectivity index (χ3n) is 3.63. The Labute approximate surface area is 125 Å². The van der Waals surface area contributed by atoms with E-state index in [-0.39, 0.29) is 11.8 Å². The lowest BCUT2D eigenvalue weighted by atomic mass is 10.1. The zero-order chi connectivity index (χ0) is 15.2. The van der Waals surface area contributed by atoms with Crippen molar-refractivity contribution in [3.8, 4) is 0 Å². The first-order valence-electron chi connectivity index (χ1n) is 7.39. The van der Waals surface area contributed by atoms with Gasteiger partial charge in [-0.15, -0.1) is 0 Å². The average molecular weight is 292 g/mol. The molecule has 1 fully saturated rings. The first-order valence-corrected chi connectivity index (χ1v) is 7.39. The van der Waals surface area contributed by atoms with Crippen molar-refractivity contribution >= 4 is 11.7 Å². The van der Waals surface area contributed by atoms with Crippen LogP contribution in [-0.2, 0) is 16.1 Å². The molecular weight excluding hydrogens is 268 g/mol. The molecule has 0 spiro atoms. The van der Waals surface area contributed by atoms with Crippen molar-refractivity contribution in [3.63, 3.8) is 0 Å². The number of ether oxygens (including phenoxy) is 1. The number of nitrogens with two attached hydrogens (primary N) is 1. The minimum atomic E-state index is -0.467. The Morgan fingerprint density at radius 1 is 1.43 bits per heavy atom. The summed E-state index contributed by atoms with van der Waals surface area (Å²) < 4.78 is 5.32. The molecule has 1 aromatic heterocycles. The summed E-state index contributed by atoms with van der Waals surface area (Å²) in [5.74, 6) is 0.960. The van der Waals surface area contributed by atoms with Gasteiger partial charge in [-0.25, -0.2) is 4.98 Å². The van der Waals surface area contributed by atoms with E-state index in [1.807, 2.05) is 26.0 Å². The van der Waals surface area contributed by atoms with Crippen molar-refractivity contribution in [1.29, 1.82) is 0 Å². The van der Waals surface area contributed by atoms with Crippen LogP contribution in [0.1, 0.15) is 19.4 Å². The molecule has 0 unspecified atom stereocenters. The minimum absolute atomic E-state index is 0.123. The quantitative estimate of drug-likeness (QED) is 0.827. The molecule has 116 valence electrons. The summed E-state index contributed by atoms with van der Waals surface area (Å²) in [6, 6.07) is 3.50. The van der Waals surface area contributed by atoms with E-state index in [1.54, 1.807) is 6.20 Å². The van der Waals surface area contributed by atoms with E-state index in [4.69, 9.17) is 10.5 Å². The number of nitrogens with one attached hydrogen (secondary N) is 1. The molecule has 0 saturated carbocycles. The number of rotatable bonds is 5. The molecule has 21 heavy (non-hydrogen) atoms. The van der Waals surface area contributed by atoms with Gasteiger partial charge in [0.2, 0.25) is 5.91 Å². The van der Waals surface area contributed by atoms with E-state index in [1.165, 1.54) is 0 Å². The van der Waals surface area contributed by atoms with Gasteiger partial charge in [-0.2, -0.15) is 0 Å². The van der Waals surface area contributed by atoms with Gasteiger partial charge in [0.1, 0.15) is 5.82 Å². The topological polar surface area (TPSA) is 80.5 Å². The normalized spacial score (nSPS) is 16.9. The van der Waals surface area contributed by atoms with Crippen molar-refractivity contribution in [2.45, 2.75) is 26.4 Å². The second-order valence-corrected chi connectivity index (χ2v) is 5.61.